The topological polar surface area (TPSA) is 55.5 Å². The highest BCUT2D eigenvalue weighted by molar-refractivity contribution is 5.61. The van der Waals surface area contributed by atoms with Crippen molar-refractivity contribution in [3.05, 3.63) is 72.1 Å². The van der Waals surface area contributed by atoms with Crippen LogP contribution in [0.4, 0.5) is 5.82 Å². The van der Waals surface area contributed by atoms with E-state index < -0.39 is 0 Å². The van der Waals surface area contributed by atoms with E-state index >= 15 is 0 Å². The van der Waals surface area contributed by atoms with Gasteiger partial charge in [0.25, 0.3) is 0 Å². The first kappa shape index (κ1) is 15.9. The van der Waals surface area contributed by atoms with E-state index in [0.717, 1.165) is 30.7 Å². The smallest absolute Gasteiger partial charge is 0.154 e. The van der Waals surface area contributed by atoms with Crippen molar-refractivity contribution >= 4 is 12.0 Å². The van der Waals surface area contributed by atoms with Crippen molar-refractivity contribution in [2.75, 3.05) is 4.90 Å². The Labute approximate surface area is 153 Å². The number of fused-ring (bicyclic) bond motifs is 1. The Hall–Kier alpha value is -3.57. The van der Waals surface area contributed by atoms with Gasteiger partial charge in [0.05, 0.1) is 17.0 Å². The second-order valence-electron chi connectivity index (χ2n) is 6.07. The van der Waals surface area contributed by atoms with Crippen LogP contribution in [0.15, 0.2) is 71.5 Å². The molecule has 1 aromatic rings. The fraction of sp³-hybridized carbons (Fsp3) is 0.190. The summed E-state index contributed by atoms with van der Waals surface area (Å²) in [5.74, 6) is 7.14. The van der Waals surface area contributed by atoms with Crippen molar-refractivity contribution in [2.45, 2.75) is 25.3 Å². The Morgan fingerprint density at radius 3 is 3.08 bits per heavy atom. The van der Waals surface area contributed by atoms with Crippen molar-refractivity contribution < 1.29 is 0 Å². The third-order valence-electron chi connectivity index (χ3n) is 4.32. The molecule has 5 nitrogen and oxygen atoms in total. The summed E-state index contributed by atoms with van der Waals surface area (Å²) in [7, 11) is 0. The van der Waals surface area contributed by atoms with E-state index in [1.165, 1.54) is 0 Å². The third-order valence-corrected chi connectivity index (χ3v) is 4.32. The van der Waals surface area contributed by atoms with Gasteiger partial charge < -0.3 is 9.80 Å². The highest BCUT2D eigenvalue weighted by Crippen LogP contribution is 2.27. The zero-order chi connectivity index (χ0) is 17.8. The average molecular weight is 339 g/mol. The maximum atomic E-state index is 9.29. The van der Waals surface area contributed by atoms with Crippen LogP contribution in [0, 0.1) is 23.2 Å². The van der Waals surface area contributed by atoms with Crippen molar-refractivity contribution in [3.8, 4) is 17.9 Å². The predicted octanol–water partition coefficient (Wildman–Crippen LogP) is 3.47. The highest BCUT2D eigenvalue weighted by atomic mass is 15.2. The predicted molar refractivity (Wildman–Crippen MR) is 102 cm³/mol. The summed E-state index contributed by atoms with van der Waals surface area (Å²) in [6.07, 6.45) is 18.7. The molecule has 3 aliphatic heterocycles. The minimum Gasteiger partial charge on any atom is -0.307 e. The van der Waals surface area contributed by atoms with E-state index in [0.29, 0.717) is 11.4 Å². The van der Waals surface area contributed by atoms with Crippen LogP contribution in [0.3, 0.4) is 0 Å². The number of aliphatic imine (C=N–C) groups is 1. The first-order chi connectivity index (χ1) is 12.8. The Morgan fingerprint density at radius 2 is 2.23 bits per heavy atom. The molecule has 26 heavy (non-hydrogen) atoms. The van der Waals surface area contributed by atoms with Crippen LogP contribution >= 0.6 is 0 Å². The van der Waals surface area contributed by atoms with Crippen LogP contribution in [-0.2, 0) is 0 Å². The standard InChI is InChI=1S/C21H17N5/c22-15-17-5-4-12-24-21(17)25-13-14-26-19(7-3-8-20(26)16-25)10-9-18-6-1-2-11-23-18/h3-5,7-8,11-14,16,18H,1-2,6H2. The lowest BCUT2D eigenvalue weighted by Crippen LogP contribution is -2.25. The first-order valence-corrected chi connectivity index (χ1v) is 8.59. The van der Waals surface area contributed by atoms with Gasteiger partial charge in [-0.2, -0.15) is 5.26 Å². The molecule has 126 valence electrons. The lowest BCUT2D eigenvalue weighted by molar-refractivity contribution is 0.597. The molecule has 0 N–H and O–H groups in total. The molecule has 0 amide bonds. The second kappa shape index (κ2) is 7.13. The van der Waals surface area contributed by atoms with E-state index in [1.54, 1.807) is 18.3 Å². The lowest BCUT2D eigenvalue weighted by atomic mass is 10.1. The van der Waals surface area contributed by atoms with E-state index in [1.807, 2.05) is 52.8 Å². The van der Waals surface area contributed by atoms with Crippen LogP contribution in [0.2, 0.25) is 0 Å². The number of pyridine rings is 1. The van der Waals surface area contributed by atoms with Crippen molar-refractivity contribution in [2.24, 2.45) is 4.99 Å². The molecule has 0 fully saturated rings. The van der Waals surface area contributed by atoms with Gasteiger partial charge in [-0.3, -0.25) is 4.99 Å². The lowest BCUT2D eigenvalue weighted by Gasteiger charge is -2.30. The fourth-order valence-electron chi connectivity index (χ4n) is 3.00. The van der Waals surface area contributed by atoms with Crippen LogP contribution in [0.5, 0.6) is 0 Å². The number of aromatic nitrogens is 1. The van der Waals surface area contributed by atoms with Gasteiger partial charge in [-0.15, -0.1) is 0 Å². The molecule has 0 aromatic carbocycles. The monoisotopic (exact) mass is 339 g/mol. The molecular weight excluding hydrogens is 322 g/mol. The SMILES string of the molecule is N#Cc1cccnc1N1C=CN2C(C#CC3CCCC=N3)=CC=CC2=C1. The van der Waals surface area contributed by atoms with Gasteiger partial charge in [0.15, 0.2) is 5.82 Å². The Morgan fingerprint density at radius 1 is 1.27 bits per heavy atom. The Balaban J connectivity index is 1.58. The van der Waals surface area contributed by atoms with Gasteiger partial charge in [-0.05, 0) is 49.5 Å². The summed E-state index contributed by atoms with van der Waals surface area (Å²) in [6.45, 7) is 0. The van der Waals surface area contributed by atoms with E-state index in [4.69, 9.17) is 0 Å². The number of hydrogen-bond acceptors (Lipinski definition) is 5. The maximum Gasteiger partial charge on any atom is 0.154 e. The van der Waals surface area contributed by atoms with Crippen LogP contribution in [0.1, 0.15) is 24.8 Å². The first-order valence-electron chi connectivity index (χ1n) is 8.59. The van der Waals surface area contributed by atoms with Crippen molar-refractivity contribution in [1.29, 1.82) is 5.26 Å². The molecule has 0 aliphatic carbocycles. The normalized spacial score (nSPS) is 20.5. The van der Waals surface area contributed by atoms with Crippen LogP contribution in [0.25, 0.3) is 0 Å². The van der Waals surface area contributed by atoms with E-state index in [9.17, 15) is 5.26 Å². The minimum atomic E-state index is 0.0972. The van der Waals surface area contributed by atoms with Gasteiger partial charge in [-0.1, -0.05) is 12.0 Å². The molecule has 5 heteroatoms. The van der Waals surface area contributed by atoms with Gasteiger partial charge in [0.1, 0.15) is 12.1 Å². The zero-order valence-electron chi connectivity index (χ0n) is 14.2. The molecule has 1 aromatic heterocycles. The van der Waals surface area contributed by atoms with Gasteiger partial charge >= 0.3 is 0 Å². The molecule has 0 saturated heterocycles. The molecule has 4 heterocycles. The third kappa shape index (κ3) is 3.16. The highest BCUT2D eigenvalue weighted by Gasteiger charge is 2.19. The molecule has 0 spiro atoms. The molecule has 0 radical (unpaired) electrons. The number of rotatable bonds is 1. The number of nitrogens with zero attached hydrogens (tertiary/aromatic N) is 5. The fourth-order valence-corrected chi connectivity index (χ4v) is 3.00. The zero-order valence-corrected chi connectivity index (χ0v) is 14.2. The molecule has 1 atom stereocenters. The quantitative estimate of drug-likeness (QED) is 0.735. The number of hydrogen-bond donors (Lipinski definition) is 0. The molecule has 3 aliphatic rings. The summed E-state index contributed by atoms with van der Waals surface area (Å²) in [6, 6.07) is 5.81. The van der Waals surface area contributed by atoms with Crippen LogP contribution in [-0.4, -0.2) is 22.1 Å². The van der Waals surface area contributed by atoms with E-state index in [2.05, 4.69) is 27.9 Å². The summed E-state index contributed by atoms with van der Waals surface area (Å²) in [5, 5.41) is 9.29. The van der Waals surface area contributed by atoms with Gasteiger partial charge in [0, 0.05) is 31.0 Å². The summed E-state index contributed by atoms with van der Waals surface area (Å²) in [5.41, 5.74) is 2.42. The van der Waals surface area contributed by atoms with Crippen molar-refractivity contribution in [1.82, 2.24) is 9.88 Å². The van der Waals surface area contributed by atoms with Crippen molar-refractivity contribution in [3.63, 3.8) is 0 Å². The van der Waals surface area contributed by atoms with Gasteiger partial charge in [-0.25, -0.2) is 4.98 Å². The largest absolute Gasteiger partial charge is 0.307 e. The summed E-state index contributed by atoms with van der Waals surface area (Å²) >= 11 is 0. The Bertz CT molecular complexity index is 962. The summed E-state index contributed by atoms with van der Waals surface area (Å²) in [4.78, 5) is 12.7. The minimum absolute atomic E-state index is 0.0972. The Kier molecular flexibility index (Phi) is 4.37. The number of allylic oxidation sites excluding steroid dienone is 4. The summed E-state index contributed by atoms with van der Waals surface area (Å²) < 4.78 is 0. The molecule has 1 unspecified atom stereocenters. The average Bonchev–Trinajstić information content (AvgIpc) is 2.72. The number of nitriles is 1. The second-order valence-corrected chi connectivity index (χ2v) is 6.07. The molecule has 4 rings (SSSR count). The molecule has 0 saturated carbocycles. The van der Waals surface area contributed by atoms with Gasteiger partial charge in [0.2, 0.25) is 0 Å². The van der Waals surface area contributed by atoms with E-state index in [-0.39, 0.29) is 6.04 Å². The number of anilines is 1. The maximum absolute atomic E-state index is 9.29. The molecule has 0 bridgehead atoms. The van der Waals surface area contributed by atoms with Crippen LogP contribution < -0.4 is 4.90 Å². The molecular formula is C21H17N5.